The van der Waals surface area contributed by atoms with Gasteiger partial charge in [0.2, 0.25) is 0 Å². The highest BCUT2D eigenvalue weighted by atomic mass is 16.5. The van der Waals surface area contributed by atoms with Crippen molar-refractivity contribution in [3.8, 4) is 0 Å². The van der Waals surface area contributed by atoms with E-state index >= 15 is 0 Å². The number of carbonyl (C=O) groups excluding carboxylic acids is 1. The molecule has 8 heteroatoms. The maximum Gasteiger partial charge on any atom is 0.321 e. The quantitative estimate of drug-likeness (QED) is 0.868. The fourth-order valence-corrected chi connectivity index (χ4v) is 3.62. The van der Waals surface area contributed by atoms with E-state index in [1.54, 1.807) is 10.7 Å². The average Bonchev–Trinajstić information content (AvgIpc) is 3.28. The van der Waals surface area contributed by atoms with Crippen LogP contribution < -0.4 is 10.6 Å². The minimum absolute atomic E-state index is 0.0550. The lowest BCUT2D eigenvalue weighted by atomic mass is 9.98. The fraction of sp³-hybridized carbons (Fsp3) is 0.611. The van der Waals surface area contributed by atoms with Gasteiger partial charge in [-0.05, 0) is 50.8 Å². The van der Waals surface area contributed by atoms with Crippen LogP contribution in [0.3, 0.4) is 0 Å². The first-order valence-electron chi connectivity index (χ1n) is 9.38. The third-order valence-corrected chi connectivity index (χ3v) is 5.17. The third-order valence-electron chi connectivity index (χ3n) is 5.17. The molecular weight excluding hydrogens is 332 g/mol. The Bertz CT molecular complexity index is 762. The van der Waals surface area contributed by atoms with Crippen molar-refractivity contribution in [2.75, 3.05) is 38.1 Å². The summed E-state index contributed by atoms with van der Waals surface area (Å²) in [4.78, 5) is 18.7. The predicted octanol–water partition coefficient (Wildman–Crippen LogP) is 1.66. The summed E-state index contributed by atoms with van der Waals surface area (Å²) in [6.45, 7) is 6.23. The molecule has 2 aliphatic rings. The Balaban J connectivity index is 1.26. The van der Waals surface area contributed by atoms with Crippen molar-refractivity contribution in [2.24, 2.45) is 5.92 Å². The van der Waals surface area contributed by atoms with Crippen molar-refractivity contribution < 1.29 is 9.53 Å². The van der Waals surface area contributed by atoms with E-state index < -0.39 is 0 Å². The molecule has 2 saturated heterocycles. The van der Waals surface area contributed by atoms with Crippen LogP contribution in [0.1, 0.15) is 25.1 Å². The van der Waals surface area contributed by atoms with Gasteiger partial charge in [-0.2, -0.15) is 5.10 Å². The van der Waals surface area contributed by atoms with E-state index in [2.05, 4.69) is 20.7 Å². The number of ether oxygens (including phenoxy) is 1. The lowest BCUT2D eigenvalue weighted by Crippen LogP contribution is -2.42. The number of aromatic nitrogens is 3. The maximum absolute atomic E-state index is 12.5. The second kappa shape index (κ2) is 7.59. The van der Waals surface area contributed by atoms with Gasteiger partial charge in [-0.3, -0.25) is 0 Å². The summed E-state index contributed by atoms with van der Waals surface area (Å²) in [6.07, 6.45) is 5.26. The Hall–Kier alpha value is -2.19. The molecule has 4 heterocycles. The fourth-order valence-electron chi connectivity index (χ4n) is 3.62. The molecule has 2 aliphatic heterocycles. The molecule has 0 aliphatic carbocycles. The second-order valence-electron chi connectivity index (χ2n) is 7.19. The highest BCUT2D eigenvalue weighted by molar-refractivity contribution is 5.89. The topological polar surface area (TPSA) is 83.8 Å². The molecule has 8 nitrogen and oxygen atoms in total. The van der Waals surface area contributed by atoms with Crippen LogP contribution in [-0.4, -0.2) is 64.4 Å². The Labute approximate surface area is 152 Å². The number of amides is 2. The number of urea groups is 1. The van der Waals surface area contributed by atoms with Gasteiger partial charge in [0.05, 0.1) is 18.0 Å². The van der Waals surface area contributed by atoms with Gasteiger partial charge in [0.25, 0.3) is 0 Å². The van der Waals surface area contributed by atoms with Gasteiger partial charge in [-0.15, -0.1) is 0 Å². The van der Waals surface area contributed by atoms with Gasteiger partial charge in [-0.25, -0.2) is 14.3 Å². The number of nitrogens with zero attached hydrogens (tertiary/aromatic N) is 4. The third kappa shape index (κ3) is 3.96. The van der Waals surface area contributed by atoms with Gasteiger partial charge in [0.15, 0.2) is 5.65 Å². The van der Waals surface area contributed by atoms with E-state index in [0.717, 1.165) is 63.4 Å². The van der Waals surface area contributed by atoms with Crippen molar-refractivity contribution in [1.29, 1.82) is 0 Å². The zero-order chi connectivity index (χ0) is 17.9. The van der Waals surface area contributed by atoms with Gasteiger partial charge in [0.1, 0.15) is 5.82 Å². The molecule has 0 radical (unpaired) electrons. The van der Waals surface area contributed by atoms with E-state index in [4.69, 9.17) is 4.74 Å². The molecule has 26 heavy (non-hydrogen) atoms. The zero-order valence-electron chi connectivity index (χ0n) is 15.1. The molecule has 2 amide bonds. The Morgan fingerprint density at radius 1 is 1.35 bits per heavy atom. The molecule has 0 bridgehead atoms. The van der Waals surface area contributed by atoms with Gasteiger partial charge < -0.3 is 20.3 Å². The van der Waals surface area contributed by atoms with Crippen molar-refractivity contribution in [3.05, 3.63) is 24.2 Å². The van der Waals surface area contributed by atoms with Gasteiger partial charge in [0, 0.05) is 26.2 Å². The van der Waals surface area contributed by atoms with Crippen LogP contribution in [0.4, 0.5) is 10.5 Å². The summed E-state index contributed by atoms with van der Waals surface area (Å²) in [5, 5.41) is 10.6. The number of pyridine rings is 1. The summed E-state index contributed by atoms with van der Waals surface area (Å²) in [5.41, 5.74) is 1.50. The highest BCUT2D eigenvalue weighted by Crippen LogP contribution is 2.20. The van der Waals surface area contributed by atoms with Crippen LogP contribution in [0.15, 0.2) is 18.3 Å². The molecule has 2 N–H and O–H groups in total. The van der Waals surface area contributed by atoms with Crippen LogP contribution in [-0.2, 0) is 4.74 Å². The van der Waals surface area contributed by atoms with E-state index in [-0.39, 0.29) is 6.03 Å². The smallest absolute Gasteiger partial charge is 0.321 e. The largest absolute Gasteiger partial charge is 0.377 e. The van der Waals surface area contributed by atoms with Gasteiger partial charge in [-0.1, -0.05) is 0 Å². The number of hydrogen-bond donors (Lipinski definition) is 2. The lowest BCUT2D eigenvalue weighted by Gasteiger charge is -2.32. The van der Waals surface area contributed by atoms with Crippen LogP contribution >= 0.6 is 0 Å². The number of carbonyl (C=O) groups is 1. The molecule has 140 valence electrons. The molecule has 2 aromatic rings. The van der Waals surface area contributed by atoms with Crippen LogP contribution in [0.25, 0.3) is 5.65 Å². The number of piperidine rings is 1. The van der Waals surface area contributed by atoms with E-state index in [1.807, 2.05) is 24.0 Å². The lowest BCUT2D eigenvalue weighted by molar-refractivity contribution is 0.0265. The predicted molar refractivity (Wildman–Crippen MR) is 98.3 cm³/mol. The zero-order valence-corrected chi connectivity index (χ0v) is 15.1. The first kappa shape index (κ1) is 17.2. The molecule has 1 atom stereocenters. The number of aryl methyl sites for hydroxylation is 1. The van der Waals surface area contributed by atoms with Gasteiger partial charge >= 0.3 is 6.03 Å². The Kier molecular flexibility index (Phi) is 5.03. The molecule has 4 rings (SSSR count). The first-order chi connectivity index (χ1) is 12.7. The summed E-state index contributed by atoms with van der Waals surface area (Å²) >= 11 is 0. The van der Waals surface area contributed by atoms with Crippen LogP contribution in [0.5, 0.6) is 0 Å². The molecule has 0 aromatic carbocycles. The number of rotatable bonds is 4. The normalized spacial score (nSPS) is 21.4. The maximum atomic E-state index is 12.5. The van der Waals surface area contributed by atoms with Crippen molar-refractivity contribution in [2.45, 2.75) is 32.3 Å². The average molecular weight is 358 g/mol. The minimum Gasteiger partial charge on any atom is -0.377 e. The van der Waals surface area contributed by atoms with Crippen molar-refractivity contribution in [1.82, 2.24) is 24.8 Å². The van der Waals surface area contributed by atoms with Crippen molar-refractivity contribution in [3.63, 3.8) is 0 Å². The number of nitrogens with one attached hydrogen (secondary N) is 2. The minimum atomic E-state index is -0.0550. The SMILES string of the molecule is Cc1nc2ccc(NC(=O)N3CCC(COC4CCNC4)CC3)cn2n1. The monoisotopic (exact) mass is 358 g/mol. The molecule has 0 saturated carbocycles. The highest BCUT2D eigenvalue weighted by Gasteiger charge is 2.24. The Morgan fingerprint density at radius 2 is 2.19 bits per heavy atom. The molecule has 0 spiro atoms. The number of likely N-dealkylation sites (tertiary alicyclic amines) is 1. The summed E-state index contributed by atoms with van der Waals surface area (Å²) in [5.74, 6) is 1.26. The van der Waals surface area contributed by atoms with Crippen LogP contribution in [0, 0.1) is 12.8 Å². The molecular formula is C18H26N6O2. The van der Waals surface area contributed by atoms with E-state index in [1.165, 1.54) is 0 Å². The van der Waals surface area contributed by atoms with E-state index in [9.17, 15) is 4.79 Å². The van der Waals surface area contributed by atoms with E-state index in [0.29, 0.717) is 17.8 Å². The molecule has 1 unspecified atom stereocenters. The molecule has 2 aromatic heterocycles. The standard InChI is InChI=1S/C18H26N6O2/c1-13-20-17-3-2-15(11-24(17)22-13)21-18(25)23-8-5-14(6-9-23)12-26-16-4-7-19-10-16/h2-3,11,14,16,19H,4-10,12H2,1H3,(H,21,25). The second-order valence-corrected chi connectivity index (χ2v) is 7.19. The number of fused-ring (bicyclic) bond motifs is 1. The first-order valence-corrected chi connectivity index (χ1v) is 9.38. The van der Waals surface area contributed by atoms with Crippen molar-refractivity contribution >= 4 is 17.4 Å². The summed E-state index contributed by atoms with van der Waals surface area (Å²) in [7, 11) is 0. The van der Waals surface area contributed by atoms with Crippen LogP contribution in [0.2, 0.25) is 0 Å². The summed E-state index contributed by atoms with van der Waals surface area (Å²) in [6, 6.07) is 3.66. The summed E-state index contributed by atoms with van der Waals surface area (Å²) < 4.78 is 7.67. The molecule has 2 fully saturated rings. The number of hydrogen-bond acceptors (Lipinski definition) is 5. The Morgan fingerprint density at radius 3 is 2.96 bits per heavy atom. The number of anilines is 1.